The molecule has 12 heteroatoms. The van der Waals surface area contributed by atoms with E-state index in [1.807, 2.05) is 66.2 Å². The Bertz CT molecular complexity index is 1830. The van der Waals surface area contributed by atoms with Crippen molar-refractivity contribution in [3.05, 3.63) is 94.1 Å². The first kappa shape index (κ1) is 28.2. The lowest BCUT2D eigenvalue weighted by molar-refractivity contribution is 0.0586. The molecule has 214 valence electrons. The number of carboxylic acids is 1. The first-order valence-electron chi connectivity index (χ1n) is 12.4. The SMILES string of the molecule is COC(=O)c1c(NC(=O)Nc2cc(Oc3cn(-c4ccc(C)cc4)c4ccccc34)c(OC)cc2F)csc1C(=O)O. The van der Waals surface area contributed by atoms with Crippen LogP contribution in [-0.2, 0) is 4.74 Å². The molecule has 2 aromatic heterocycles. The molecule has 0 aliphatic rings. The molecule has 0 fully saturated rings. The number of methoxy groups -OCH3 is 2. The van der Waals surface area contributed by atoms with Crippen molar-refractivity contribution in [3.63, 3.8) is 0 Å². The van der Waals surface area contributed by atoms with E-state index in [9.17, 15) is 19.5 Å². The molecular formula is C30H24FN3O7S. The minimum Gasteiger partial charge on any atom is -0.493 e. The van der Waals surface area contributed by atoms with Crippen molar-refractivity contribution >= 4 is 51.6 Å². The number of para-hydroxylation sites is 1. The van der Waals surface area contributed by atoms with Crippen LogP contribution in [0.4, 0.5) is 20.6 Å². The number of aromatic nitrogens is 1. The highest BCUT2D eigenvalue weighted by Crippen LogP contribution is 2.40. The number of esters is 1. The van der Waals surface area contributed by atoms with Gasteiger partial charge in [0.1, 0.15) is 10.4 Å². The number of urea groups is 1. The molecule has 0 radical (unpaired) electrons. The number of carboxylic acid groups (broad SMARTS) is 1. The first-order chi connectivity index (χ1) is 20.2. The van der Waals surface area contributed by atoms with E-state index in [0.29, 0.717) is 5.75 Å². The number of halogens is 1. The molecular weight excluding hydrogens is 565 g/mol. The number of anilines is 2. The molecule has 0 unspecified atom stereocenters. The Balaban J connectivity index is 1.45. The summed E-state index contributed by atoms with van der Waals surface area (Å²) >= 11 is 0.734. The van der Waals surface area contributed by atoms with Crippen LogP contribution in [0.2, 0.25) is 0 Å². The highest BCUT2D eigenvalue weighted by atomic mass is 32.1. The Morgan fingerprint density at radius 1 is 0.929 bits per heavy atom. The lowest BCUT2D eigenvalue weighted by Crippen LogP contribution is -2.21. The van der Waals surface area contributed by atoms with Gasteiger partial charge in [-0.15, -0.1) is 11.3 Å². The molecule has 10 nitrogen and oxygen atoms in total. The van der Waals surface area contributed by atoms with Gasteiger partial charge in [0.25, 0.3) is 0 Å². The molecule has 0 atom stereocenters. The van der Waals surface area contributed by atoms with Gasteiger partial charge in [0.05, 0.1) is 37.3 Å². The number of aromatic carboxylic acids is 1. The quantitative estimate of drug-likeness (QED) is 0.165. The summed E-state index contributed by atoms with van der Waals surface area (Å²) in [6.07, 6.45) is 1.81. The minimum absolute atomic E-state index is 0.0857. The summed E-state index contributed by atoms with van der Waals surface area (Å²) in [6.45, 7) is 2.00. The van der Waals surface area contributed by atoms with Crippen LogP contribution in [-0.4, -0.2) is 41.9 Å². The standard InChI is InChI=1S/C30H24FN3O7S/c1-16-8-10-17(11-9-16)34-14-25(18-6-4-5-7-22(18)34)41-24-13-20(19(31)12-23(24)39-2)32-30(38)33-21-15-42-27(28(35)36)26(21)29(37)40-3/h4-15H,1-3H3,(H,35,36)(H2,32,33,38). The lowest BCUT2D eigenvalue weighted by Gasteiger charge is -2.14. The van der Waals surface area contributed by atoms with Gasteiger partial charge in [-0.05, 0) is 31.2 Å². The second-order valence-electron chi connectivity index (χ2n) is 9.03. The lowest BCUT2D eigenvalue weighted by atomic mass is 10.2. The number of nitrogens with one attached hydrogen (secondary N) is 2. The number of nitrogens with zero attached hydrogens (tertiary/aromatic N) is 1. The van der Waals surface area contributed by atoms with Crippen molar-refractivity contribution in [1.82, 2.24) is 4.57 Å². The van der Waals surface area contributed by atoms with Crippen LogP contribution < -0.4 is 20.1 Å². The molecule has 5 rings (SSSR count). The van der Waals surface area contributed by atoms with Crippen molar-refractivity contribution < 1.29 is 38.1 Å². The van der Waals surface area contributed by atoms with Crippen molar-refractivity contribution in [2.75, 3.05) is 24.9 Å². The largest absolute Gasteiger partial charge is 0.493 e. The molecule has 2 amide bonds. The van der Waals surface area contributed by atoms with E-state index in [1.54, 1.807) is 0 Å². The van der Waals surface area contributed by atoms with Crippen molar-refractivity contribution in [2.45, 2.75) is 6.92 Å². The average Bonchev–Trinajstić information content (AvgIpc) is 3.56. The van der Waals surface area contributed by atoms with Gasteiger partial charge in [-0.2, -0.15) is 0 Å². The maximum atomic E-state index is 15.0. The molecule has 0 aliphatic heterocycles. The maximum absolute atomic E-state index is 15.0. The van der Waals surface area contributed by atoms with Gasteiger partial charge in [-0.25, -0.2) is 18.8 Å². The zero-order valence-electron chi connectivity index (χ0n) is 22.6. The Morgan fingerprint density at radius 2 is 1.64 bits per heavy atom. The summed E-state index contributed by atoms with van der Waals surface area (Å²) in [4.78, 5) is 36.1. The highest BCUT2D eigenvalue weighted by Gasteiger charge is 2.26. The topological polar surface area (TPSA) is 128 Å². The van der Waals surface area contributed by atoms with Crippen LogP contribution in [0.25, 0.3) is 16.6 Å². The fourth-order valence-electron chi connectivity index (χ4n) is 4.33. The normalized spacial score (nSPS) is 10.8. The van der Waals surface area contributed by atoms with Gasteiger partial charge >= 0.3 is 18.0 Å². The molecule has 3 N–H and O–H groups in total. The van der Waals surface area contributed by atoms with Crippen molar-refractivity contribution in [3.8, 4) is 22.9 Å². The van der Waals surface area contributed by atoms with Crippen LogP contribution in [0.1, 0.15) is 25.6 Å². The van der Waals surface area contributed by atoms with E-state index in [2.05, 4.69) is 15.4 Å². The van der Waals surface area contributed by atoms with E-state index in [1.165, 1.54) is 18.6 Å². The number of benzene rings is 3. The zero-order chi connectivity index (χ0) is 30.0. The molecule has 0 spiro atoms. The van der Waals surface area contributed by atoms with Crippen LogP contribution in [0.3, 0.4) is 0 Å². The molecule has 42 heavy (non-hydrogen) atoms. The van der Waals surface area contributed by atoms with Crippen molar-refractivity contribution in [1.29, 1.82) is 0 Å². The van der Waals surface area contributed by atoms with Crippen LogP contribution in [0.5, 0.6) is 17.2 Å². The number of hydrogen-bond acceptors (Lipinski definition) is 7. The Labute approximate surface area is 242 Å². The van der Waals surface area contributed by atoms with E-state index >= 15 is 4.39 Å². The van der Waals surface area contributed by atoms with Gasteiger partial charge in [0.15, 0.2) is 23.1 Å². The van der Waals surface area contributed by atoms with Crippen LogP contribution >= 0.6 is 11.3 Å². The van der Waals surface area contributed by atoms with Gasteiger partial charge < -0.3 is 34.5 Å². The monoisotopic (exact) mass is 589 g/mol. The number of carbonyl (C=O) groups excluding carboxylic acids is 2. The van der Waals surface area contributed by atoms with Crippen LogP contribution in [0.15, 0.2) is 72.2 Å². The summed E-state index contributed by atoms with van der Waals surface area (Å²) in [5.74, 6) is -2.45. The fraction of sp³-hybridized carbons (Fsp3) is 0.100. The Hall–Kier alpha value is -5.36. The summed E-state index contributed by atoms with van der Waals surface area (Å²) in [7, 11) is 2.45. The maximum Gasteiger partial charge on any atom is 0.346 e. The van der Waals surface area contributed by atoms with E-state index < -0.39 is 23.8 Å². The summed E-state index contributed by atoms with van der Waals surface area (Å²) in [6, 6.07) is 17.0. The molecule has 0 saturated carbocycles. The Morgan fingerprint density at radius 3 is 2.33 bits per heavy atom. The van der Waals surface area contributed by atoms with E-state index in [0.717, 1.165) is 46.7 Å². The fourth-order valence-corrected chi connectivity index (χ4v) is 5.15. The van der Waals surface area contributed by atoms with Gasteiger partial charge in [0.2, 0.25) is 0 Å². The number of thiophene rings is 1. The molecule has 5 aromatic rings. The predicted octanol–water partition coefficient (Wildman–Crippen LogP) is 7.07. The average molecular weight is 590 g/mol. The number of fused-ring (bicyclic) bond motifs is 1. The third-order valence-electron chi connectivity index (χ3n) is 6.33. The van der Waals surface area contributed by atoms with Crippen molar-refractivity contribution in [2.24, 2.45) is 0 Å². The molecule has 0 bridgehead atoms. The summed E-state index contributed by atoms with van der Waals surface area (Å²) < 4.78 is 33.2. The van der Waals surface area contributed by atoms with E-state index in [-0.39, 0.29) is 33.3 Å². The molecule has 3 aromatic carbocycles. The summed E-state index contributed by atoms with van der Waals surface area (Å²) in [5, 5.41) is 16.2. The zero-order valence-corrected chi connectivity index (χ0v) is 23.4. The smallest absolute Gasteiger partial charge is 0.346 e. The summed E-state index contributed by atoms with van der Waals surface area (Å²) in [5.41, 5.74) is 2.24. The second-order valence-corrected chi connectivity index (χ2v) is 9.91. The van der Waals surface area contributed by atoms with Gasteiger partial charge in [0, 0.05) is 28.6 Å². The number of hydrogen-bond donors (Lipinski definition) is 3. The Kier molecular flexibility index (Phi) is 7.80. The number of aryl methyl sites for hydroxylation is 1. The number of amides is 2. The van der Waals surface area contributed by atoms with Gasteiger partial charge in [-0.1, -0.05) is 29.8 Å². The van der Waals surface area contributed by atoms with E-state index in [4.69, 9.17) is 9.47 Å². The molecule has 0 aliphatic carbocycles. The number of rotatable bonds is 8. The third kappa shape index (κ3) is 5.47. The highest BCUT2D eigenvalue weighted by molar-refractivity contribution is 7.13. The van der Waals surface area contributed by atoms with Crippen LogP contribution in [0, 0.1) is 12.7 Å². The third-order valence-corrected chi connectivity index (χ3v) is 7.30. The van der Waals surface area contributed by atoms with Gasteiger partial charge in [-0.3, -0.25) is 0 Å². The first-order valence-corrected chi connectivity index (χ1v) is 13.3. The minimum atomic E-state index is -1.36. The number of carbonyl (C=O) groups is 3. The number of ether oxygens (including phenoxy) is 3. The predicted molar refractivity (Wildman–Crippen MR) is 156 cm³/mol. The second kappa shape index (κ2) is 11.6. The molecule has 0 saturated heterocycles. The molecule has 2 heterocycles.